The van der Waals surface area contributed by atoms with Crippen LogP contribution in [0.25, 0.3) is 0 Å². The summed E-state index contributed by atoms with van der Waals surface area (Å²) in [5.41, 5.74) is 0.120. The summed E-state index contributed by atoms with van der Waals surface area (Å²) in [5.74, 6) is 0. The molecule has 98 valence electrons. The van der Waals surface area contributed by atoms with Gasteiger partial charge in [-0.1, -0.05) is 6.92 Å². The smallest absolute Gasteiger partial charge is 0.299 e. The van der Waals surface area contributed by atoms with Crippen molar-refractivity contribution in [2.24, 2.45) is 0 Å². The van der Waals surface area contributed by atoms with Crippen molar-refractivity contribution in [2.45, 2.75) is 20.3 Å². The topological polar surface area (TPSA) is 89.5 Å². The van der Waals surface area contributed by atoms with Crippen molar-refractivity contribution in [2.75, 3.05) is 18.5 Å². The van der Waals surface area contributed by atoms with Gasteiger partial charge in [-0.05, 0) is 18.9 Å². The molecule has 0 aliphatic carbocycles. The molecule has 18 heavy (non-hydrogen) atoms. The summed E-state index contributed by atoms with van der Waals surface area (Å²) in [6, 6.07) is 2.71. The molecule has 0 fully saturated rings. The quantitative estimate of drug-likeness (QED) is 0.594. The Labute approximate surface area is 104 Å². The molecular weight excluding hydrogens is 238 g/mol. The first-order valence-corrected chi connectivity index (χ1v) is 5.53. The molecule has 0 atom stereocenters. The Morgan fingerprint density at radius 2 is 1.61 bits per heavy atom. The molecule has 0 N–H and O–H groups in total. The van der Waals surface area contributed by atoms with E-state index in [1.165, 1.54) is 12.1 Å². The van der Waals surface area contributed by atoms with Crippen LogP contribution in [-0.2, 0) is 0 Å². The summed E-state index contributed by atoms with van der Waals surface area (Å²) >= 11 is 0. The summed E-state index contributed by atoms with van der Waals surface area (Å²) in [6.07, 6.45) is 0.749. The van der Waals surface area contributed by atoms with Crippen LogP contribution in [0.3, 0.4) is 0 Å². The predicted octanol–water partition coefficient (Wildman–Crippen LogP) is 2.66. The number of hydrogen-bond acceptors (Lipinski definition) is 5. The van der Waals surface area contributed by atoms with Crippen LogP contribution in [0.2, 0.25) is 0 Å². The van der Waals surface area contributed by atoms with Gasteiger partial charge >= 0.3 is 0 Å². The summed E-state index contributed by atoms with van der Waals surface area (Å²) in [7, 11) is 1.62. The molecule has 0 aliphatic heterocycles. The molecule has 0 spiro atoms. The molecule has 0 heterocycles. The number of nitrogens with zero attached hydrogens (tertiary/aromatic N) is 3. The van der Waals surface area contributed by atoms with Crippen molar-refractivity contribution in [1.29, 1.82) is 0 Å². The van der Waals surface area contributed by atoms with E-state index in [1.807, 2.05) is 6.92 Å². The third-order valence-corrected chi connectivity index (χ3v) is 2.55. The van der Waals surface area contributed by atoms with E-state index < -0.39 is 9.85 Å². The van der Waals surface area contributed by atoms with E-state index in [0.717, 1.165) is 6.42 Å². The molecule has 1 aromatic carbocycles. The van der Waals surface area contributed by atoms with E-state index in [9.17, 15) is 20.2 Å². The number of rotatable bonds is 5. The van der Waals surface area contributed by atoms with Gasteiger partial charge in [-0.25, -0.2) is 0 Å². The summed E-state index contributed by atoms with van der Waals surface area (Å²) in [6.45, 7) is 4.02. The minimum Gasteiger partial charge on any atom is -0.363 e. The molecule has 1 rings (SSSR count). The maximum Gasteiger partial charge on any atom is 0.299 e. The second-order valence-electron chi connectivity index (χ2n) is 4.09. The van der Waals surface area contributed by atoms with Crippen molar-refractivity contribution in [3.8, 4) is 0 Å². The minimum atomic E-state index is -0.582. The first-order valence-electron chi connectivity index (χ1n) is 5.53. The monoisotopic (exact) mass is 253 g/mol. The van der Waals surface area contributed by atoms with Crippen LogP contribution < -0.4 is 4.90 Å². The second-order valence-corrected chi connectivity index (χ2v) is 4.09. The first kappa shape index (κ1) is 13.9. The van der Waals surface area contributed by atoms with Gasteiger partial charge in [0, 0.05) is 25.7 Å². The van der Waals surface area contributed by atoms with E-state index in [1.54, 1.807) is 18.9 Å². The fourth-order valence-corrected chi connectivity index (χ4v) is 1.86. The molecular formula is C11H15N3O4. The molecule has 0 amide bonds. The van der Waals surface area contributed by atoms with Crippen LogP contribution in [-0.4, -0.2) is 23.4 Å². The van der Waals surface area contributed by atoms with Crippen molar-refractivity contribution >= 4 is 17.1 Å². The third-order valence-electron chi connectivity index (χ3n) is 2.55. The lowest BCUT2D eigenvalue weighted by Gasteiger charge is -2.18. The fraction of sp³-hybridized carbons (Fsp3) is 0.455. The molecule has 0 bridgehead atoms. The van der Waals surface area contributed by atoms with Gasteiger partial charge in [0.1, 0.15) is 0 Å². The molecule has 7 heteroatoms. The lowest BCUT2D eigenvalue weighted by molar-refractivity contribution is -0.392. The van der Waals surface area contributed by atoms with E-state index in [0.29, 0.717) is 12.1 Å². The normalized spacial score (nSPS) is 10.2. The molecule has 0 unspecified atom stereocenters. The van der Waals surface area contributed by atoms with E-state index in [-0.39, 0.29) is 17.1 Å². The highest BCUT2D eigenvalue weighted by molar-refractivity contribution is 5.75. The number of hydrogen-bond donors (Lipinski definition) is 0. The summed E-state index contributed by atoms with van der Waals surface area (Å²) < 4.78 is 0. The lowest BCUT2D eigenvalue weighted by Crippen LogP contribution is -2.20. The van der Waals surface area contributed by atoms with Crippen LogP contribution in [0.5, 0.6) is 0 Å². The molecule has 0 aliphatic rings. The Morgan fingerprint density at radius 3 is 1.94 bits per heavy atom. The van der Waals surface area contributed by atoms with Crippen molar-refractivity contribution < 1.29 is 9.85 Å². The number of nitro benzene ring substituents is 2. The van der Waals surface area contributed by atoms with Gasteiger partial charge in [-0.2, -0.15) is 0 Å². The zero-order chi connectivity index (χ0) is 13.9. The summed E-state index contributed by atoms with van der Waals surface area (Å²) in [5, 5.41) is 22.0. The van der Waals surface area contributed by atoms with E-state index in [2.05, 4.69) is 0 Å². The maximum atomic E-state index is 11.0. The zero-order valence-corrected chi connectivity index (χ0v) is 10.5. The summed E-state index contributed by atoms with van der Waals surface area (Å²) in [4.78, 5) is 22.4. The standard InChI is InChI=1S/C11H15N3O4/c1-4-5-12(3)11-9(13(15)16)6-8(2)7-10(11)14(17)18/h6-7H,4-5H2,1-3H3. The number of anilines is 1. The van der Waals surface area contributed by atoms with Crippen LogP contribution in [0.15, 0.2) is 12.1 Å². The van der Waals surface area contributed by atoms with Crippen molar-refractivity contribution in [3.05, 3.63) is 37.9 Å². The van der Waals surface area contributed by atoms with Crippen molar-refractivity contribution in [3.63, 3.8) is 0 Å². The van der Waals surface area contributed by atoms with Crippen LogP contribution in [0, 0.1) is 27.2 Å². The highest BCUT2D eigenvalue weighted by Gasteiger charge is 2.28. The Bertz CT molecular complexity index is 452. The fourth-order valence-electron chi connectivity index (χ4n) is 1.86. The second kappa shape index (κ2) is 5.44. The lowest BCUT2D eigenvalue weighted by atomic mass is 10.1. The van der Waals surface area contributed by atoms with Gasteiger partial charge < -0.3 is 4.90 Å². The van der Waals surface area contributed by atoms with Gasteiger partial charge in [-0.3, -0.25) is 20.2 Å². The Morgan fingerprint density at radius 1 is 1.17 bits per heavy atom. The average Bonchev–Trinajstić information content (AvgIpc) is 2.27. The van der Waals surface area contributed by atoms with Crippen LogP contribution in [0.1, 0.15) is 18.9 Å². The van der Waals surface area contributed by atoms with Gasteiger partial charge in [0.25, 0.3) is 11.4 Å². The molecule has 7 nitrogen and oxygen atoms in total. The number of benzene rings is 1. The van der Waals surface area contributed by atoms with Crippen LogP contribution >= 0.6 is 0 Å². The molecule has 0 saturated heterocycles. The molecule has 0 saturated carbocycles. The highest BCUT2D eigenvalue weighted by Crippen LogP contribution is 2.37. The first-order chi connectivity index (χ1) is 8.38. The average molecular weight is 253 g/mol. The van der Waals surface area contributed by atoms with Crippen LogP contribution in [0.4, 0.5) is 17.1 Å². The molecule has 0 aromatic heterocycles. The van der Waals surface area contributed by atoms with E-state index >= 15 is 0 Å². The SMILES string of the molecule is CCCN(C)c1c([N+](=O)[O-])cc(C)cc1[N+](=O)[O-]. The Kier molecular flexibility index (Phi) is 4.19. The van der Waals surface area contributed by atoms with Gasteiger partial charge in [0.05, 0.1) is 9.85 Å². The minimum absolute atomic E-state index is 0.0671. The van der Waals surface area contributed by atoms with Gasteiger partial charge in [0.15, 0.2) is 5.69 Å². The highest BCUT2D eigenvalue weighted by atomic mass is 16.6. The third kappa shape index (κ3) is 2.73. The van der Waals surface area contributed by atoms with Crippen molar-refractivity contribution in [1.82, 2.24) is 0 Å². The largest absolute Gasteiger partial charge is 0.363 e. The number of nitro groups is 2. The Hall–Kier alpha value is -2.18. The van der Waals surface area contributed by atoms with Gasteiger partial charge in [0.2, 0.25) is 0 Å². The van der Waals surface area contributed by atoms with E-state index in [4.69, 9.17) is 0 Å². The maximum absolute atomic E-state index is 11.0. The molecule has 0 radical (unpaired) electrons. The predicted molar refractivity (Wildman–Crippen MR) is 68.0 cm³/mol. The zero-order valence-electron chi connectivity index (χ0n) is 10.5. The van der Waals surface area contributed by atoms with Gasteiger partial charge in [-0.15, -0.1) is 0 Å². The Balaban J connectivity index is 3.50. The number of aryl methyl sites for hydroxylation is 1. The molecule has 1 aromatic rings.